The van der Waals surface area contributed by atoms with Crippen LogP contribution in [0.25, 0.3) is 0 Å². The average Bonchev–Trinajstić information content (AvgIpc) is 2.52. The summed E-state index contributed by atoms with van der Waals surface area (Å²) in [7, 11) is 0. The van der Waals surface area contributed by atoms with Crippen LogP contribution in [0.5, 0.6) is 0 Å². The van der Waals surface area contributed by atoms with Crippen molar-refractivity contribution in [2.75, 3.05) is 6.54 Å². The fourth-order valence-electron chi connectivity index (χ4n) is 5.41. The largest absolute Gasteiger partial charge is 0.234 e. The first kappa shape index (κ1) is 16.5. The molecule has 0 amide bonds. The summed E-state index contributed by atoms with van der Waals surface area (Å²) in [6, 6.07) is 7.16. The Hall–Kier alpha value is -1.40. The number of aryl methyl sites for hydroxylation is 1. The van der Waals surface area contributed by atoms with Gasteiger partial charge in [-0.2, -0.15) is 0 Å². The quantitative estimate of drug-likeness (QED) is 0.560. The Morgan fingerprint density at radius 1 is 1.30 bits per heavy atom. The van der Waals surface area contributed by atoms with Gasteiger partial charge in [0.25, 0.3) is 0 Å². The maximum absolute atomic E-state index is 10.6. The highest BCUT2D eigenvalue weighted by molar-refractivity contribution is 5.42. The highest BCUT2D eigenvalue weighted by Gasteiger charge is 2.51. The molecule has 0 radical (unpaired) electrons. The first-order valence-corrected chi connectivity index (χ1v) is 9.08. The van der Waals surface area contributed by atoms with Crippen LogP contribution in [0.4, 0.5) is 0 Å². The van der Waals surface area contributed by atoms with Crippen LogP contribution in [0.1, 0.15) is 76.0 Å². The van der Waals surface area contributed by atoms with E-state index in [2.05, 4.69) is 50.9 Å². The Morgan fingerprint density at radius 3 is 2.78 bits per heavy atom. The van der Waals surface area contributed by atoms with Crippen molar-refractivity contribution >= 4 is 6.08 Å². The van der Waals surface area contributed by atoms with Crippen molar-refractivity contribution in [1.29, 1.82) is 0 Å². The minimum atomic E-state index is 0.138. The number of nitrogens with zero attached hydrogens (tertiary/aromatic N) is 1. The maximum Gasteiger partial charge on any atom is 0.234 e. The van der Waals surface area contributed by atoms with Crippen LogP contribution in [-0.4, -0.2) is 12.6 Å². The zero-order chi connectivity index (χ0) is 16.7. The lowest BCUT2D eigenvalue weighted by molar-refractivity contribution is 0.0331. The van der Waals surface area contributed by atoms with Gasteiger partial charge in [-0.25, -0.2) is 9.79 Å². The minimum absolute atomic E-state index is 0.138. The molecular weight excluding hydrogens is 282 g/mol. The van der Waals surface area contributed by atoms with Gasteiger partial charge in [0.2, 0.25) is 6.08 Å². The molecule has 1 aromatic rings. The number of fused-ring (bicyclic) bond motifs is 3. The lowest BCUT2D eigenvalue weighted by Crippen LogP contribution is -2.50. The topological polar surface area (TPSA) is 29.4 Å². The van der Waals surface area contributed by atoms with Gasteiger partial charge in [0.15, 0.2) is 0 Å². The Kier molecular flexibility index (Phi) is 4.23. The van der Waals surface area contributed by atoms with Gasteiger partial charge < -0.3 is 0 Å². The van der Waals surface area contributed by atoms with Crippen LogP contribution in [0.15, 0.2) is 23.2 Å². The fraction of sp³-hybridized carbons (Fsp3) is 0.667. The molecule has 2 nitrogen and oxygen atoms in total. The first-order valence-electron chi connectivity index (χ1n) is 9.08. The van der Waals surface area contributed by atoms with E-state index >= 15 is 0 Å². The van der Waals surface area contributed by atoms with Gasteiger partial charge in [-0.1, -0.05) is 52.3 Å². The summed E-state index contributed by atoms with van der Waals surface area (Å²) in [4.78, 5) is 14.6. The highest BCUT2D eigenvalue weighted by atomic mass is 16.1. The molecule has 0 N–H and O–H groups in total. The summed E-state index contributed by atoms with van der Waals surface area (Å²) in [5, 5.41) is 0. The van der Waals surface area contributed by atoms with E-state index in [0.717, 1.165) is 6.42 Å². The van der Waals surface area contributed by atoms with Crippen molar-refractivity contribution in [3.8, 4) is 0 Å². The molecule has 23 heavy (non-hydrogen) atoms. The summed E-state index contributed by atoms with van der Waals surface area (Å²) >= 11 is 0. The Labute approximate surface area is 140 Å². The van der Waals surface area contributed by atoms with Crippen LogP contribution in [0.2, 0.25) is 0 Å². The third-order valence-electron chi connectivity index (χ3n) is 6.67. The second-order valence-electron chi connectivity index (χ2n) is 8.50. The van der Waals surface area contributed by atoms with E-state index in [0.29, 0.717) is 18.4 Å². The van der Waals surface area contributed by atoms with Crippen LogP contribution in [0, 0.1) is 11.3 Å². The average molecular weight is 311 g/mol. The number of hydrogen-bond acceptors (Lipinski definition) is 2. The lowest BCUT2D eigenvalue weighted by Gasteiger charge is -2.55. The van der Waals surface area contributed by atoms with Crippen LogP contribution < -0.4 is 0 Å². The summed E-state index contributed by atoms with van der Waals surface area (Å²) in [6.45, 7) is 9.96. The van der Waals surface area contributed by atoms with Crippen molar-refractivity contribution < 1.29 is 4.79 Å². The van der Waals surface area contributed by atoms with E-state index in [4.69, 9.17) is 0 Å². The standard InChI is InChI=1S/C21H29NO/c1-15(2)16-6-8-18-17(12-16)7-9-19-20(3,13-22-14-23)10-5-11-21(18,19)4/h6,8,12,15,19H,5,7,9-11,13H2,1-4H3/t19-,20-,21+/m0/s1. The number of hydrogen-bond donors (Lipinski definition) is 0. The third-order valence-corrected chi connectivity index (χ3v) is 6.67. The van der Waals surface area contributed by atoms with Gasteiger partial charge in [-0.15, -0.1) is 0 Å². The predicted octanol–water partition coefficient (Wildman–Crippen LogP) is 5.16. The van der Waals surface area contributed by atoms with Crippen molar-refractivity contribution in [3.63, 3.8) is 0 Å². The molecule has 124 valence electrons. The van der Waals surface area contributed by atoms with Crippen LogP contribution >= 0.6 is 0 Å². The molecule has 2 aliphatic rings. The Bertz CT molecular complexity index is 643. The molecule has 0 aromatic heterocycles. The second-order valence-corrected chi connectivity index (χ2v) is 8.50. The van der Waals surface area contributed by atoms with E-state index in [1.54, 1.807) is 17.2 Å². The zero-order valence-electron chi connectivity index (χ0n) is 15.0. The molecular formula is C21H29NO. The van der Waals surface area contributed by atoms with E-state index in [9.17, 15) is 4.79 Å². The van der Waals surface area contributed by atoms with Crippen molar-refractivity contribution in [2.24, 2.45) is 16.3 Å². The number of carbonyl (C=O) groups excluding carboxylic acids is 1. The van der Waals surface area contributed by atoms with Crippen LogP contribution in [0.3, 0.4) is 0 Å². The molecule has 0 unspecified atom stereocenters. The minimum Gasteiger partial charge on any atom is -0.211 e. The van der Waals surface area contributed by atoms with Crippen molar-refractivity contribution in [1.82, 2.24) is 0 Å². The van der Waals surface area contributed by atoms with Gasteiger partial charge >= 0.3 is 0 Å². The molecule has 0 heterocycles. The normalized spacial score (nSPS) is 32.8. The van der Waals surface area contributed by atoms with Gasteiger partial charge in [-0.3, -0.25) is 0 Å². The Morgan fingerprint density at radius 2 is 2.09 bits per heavy atom. The molecule has 0 aliphatic heterocycles. The van der Waals surface area contributed by atoms with Gasteiger partial charge in [0.1, 0.15) is 0 Å². The van der Waals surface area contributed by atoms with E-state index < -0.39 is 0 Å². The van der Waals surface area contributed by atoms with E-state index in [1.807, 2.05) is 0 Å². The number of aliphatic imine (C=N–C) groups is 1. The molecule has 3 rings (SSSR count). The summed E-state index contributed by atoms with van der Waals surface area (Å²) in [6.07, 6.45) is 7.80. The highest BCUT2D eigenvalue weighted by Crippen LogP contribution is 2.57. The summed E-state index contributed by atoms with van der Waals surface area (Å²) in [5.41, 5.74) is 4.93. The number of isocyanates is 1. The fourth-order valence-corrected chi connectivity index (χ4v) is 5.41. The molecule has 1 saturated carbocycles. The first-order chi connectivity index (χ1) is 10.9. The summed E-state index contributed by atoms with van der Waals surface area (Å²) in [5.74, 6) is 1.20. The summed E-state index contributed by atoms with van der Waals surface area (Å²) < 4.78 is 0. The molecule has 0 spiro atoms. The molecule has 1 aromatic carbocycles. The zero-order valence-corrected chi connectivity index (χ0v) is 15.0. The number of benzene rings is 1. The van der Waals surface area contributed by atoms with Gasteiger partial charge in [0.05, 0.1) is 6.54 Å². The smallest absolute Gasteiger partial charge is 0.211 e. The van der Waals surface area contributed by atoms with Crippen molar-refractivity contribution in [3.05, 3.63) is 34.9 Å². The molecule has 1 fully saturated rings. The monoisotopic (exact) mass is 311 g/mol. The molecule has 2 heteroatoms. The van der Waals surface area contributed by atoms with Crippen LogP contribution in [-0.2, 0) is 16.6 Å². The SMILES string of the molecule is CC(C)c1ccc2c(c1)CC[C@H]1[C@](C)(CN=C=O)CCC[C@]21C. The van der Waals surface area contributed by atoms with E-state index in [-0.39, 0.29) is 10.8 Å². The Balaban J connectivity index is 2.02. The lowest BCUT2D eigenvalue weighted by atomic mass is 9.50. The van der Waals surface area contributed by atoms with E-state index in [1.165, 1.54) is 31.2 Å². The number of rotatable bonds is 3. The second kappa shape index (κ2) is 5.91. The third kappa shape index (κ3) is 2.68. The predicted molar refractivity (Wildman–Crippen MR) is 94.6 cm³/mol. The van der Waals surface area contributed by atoms with Gasteiger partial charge in [0, 0.05) is 0 Å². The molecule has 2 aliphatic carbocycles. The maximum atomic E-state index is 10.6. The molecule has 0 saturated heterocycles. The molecule has 0 bridgehead atoms. The molecule has 3 atom stereocenters. The van der Waals surface area contributed by atoms with Crippen molar-refractivity contribution in [2.45, 2.75) is 71.1 Å². The van der Waals surface area contributed by atoms with Gasteiger partial charge in [-0.05, 0) is 65.0 Å².